The minimum absolute atomic E-state index is 0.0505. The van der Waals surface area contributed by atoms with E-state index in [1.54, 1.807) is 18.2 Å². The highest BCUT2D eigenvalue weighted by Gasteiger charge is 2.15. The molecule has 0 atom stereocenters. The van der Waals surface area contributed by atoms with Crippen molar-refractivity contribution in [2.75, 3.05) is 0 Å². The van der Waals surface area contributed by atoms with Crippen LogP contribution in [0.1, 0.15) is 28.4 Å². The Morgan fingerprint density at radius 3 is 3.00 bits per heavy atom. The van der Waals surface area contributed by atoms with Gasteiger partial charge in [-0.15, -0.1) is 0 Å². The summed E-state index contributed by atoms with van der Waals surface area (Å²) in [6.07, 6.45) is 3.19. The van der Waals surface area contributed by atoms with Gasteiger partial charge >= 0.3 is 0 Å². The van der Waals surface area contributed by atoms with Crippen molar-refractivity contribution in [1.29, 1.82) is 0 Å². The number of carbonyl (C=O) groups is 1. The van der Waals surface area contributed by atoms with Crippen LogP contribution in [0.25, 0.3) is 6.08 Å². The van der Waals surface area contributed by atoms with Crippen molar-refractivity contribution in [1.82, 2.24) is 0 Å². The Morgan fingerprint density at radius 1 is 1.50 bits per heavy atom. The third-order valence-corrected chi connectivity index (χ3v) is 2.26. The fourth-order valence-corrected chi connectivity index (χ4v) is 1.50. The summed E-state index contributed by atoms with van der Waals surface area (Å²) in [5, 5.41) is 9.78. The van der Waals surface area contributed by atoms with E-state index in [0.717, 1.165) is 5.56 Å². The molecule has 0 spiro atoms. The molecule has 0 saturated heterocycles. The van der Waals surface area contributed by atoms with Crippen molar-refractivity contribution in [3.63, 3.8) is 0 Å². The number of fused-ring (bicyclic) bond motifs is 1. The van der Waals surface area contributed by atoms with Crippen LogP contribution in [0.2, 0.25) is 0 Å². The average Bonchev–Trinajstić information content (AvgIpc) is 2.18. The highest BCUT2D eigenvalue weighted by atomic mass is 16.5. The Bertz CT molecular complexity index is 419. The maximum Gasteiger partial charge on any atom is 0.163 e. The van der Waals surface area contributed by atoms with E-state index >= 15 is 0 Å². The van der Waals surface area contributed by atoms with Gasteiger partial charge in [0.25, 0.3) is 0 Å². The van der Waals surface area contributed by atoms with Gasteiger partial charge in [-0.05, 0) is 19.1 Å². The minimum Gasteiger partial charge on any atom is -0.507 e. The van der Waals surface area contributed by atoms with E-state index in [-0.39, 0.29) is 11.5 Å². The summed E-state index contributed by atoms with van der Waals surface area (Å²) in [5.74, 6) is -0.0836. The average molecular weight is 190 g/mol. The van der Waals surface area contributed by atoms with Gasteiger partial charge in [-0.1, -0.05) is 6.07 Å². The first kappa shape index (κ1) is 8.81. The van der Waals surface area contributed by atoms with Gasteiger partial charge in [0.05, 0.1) is 11.8 Å². The van der Waals surface area contributed by atoms with Gasteiger partial charge in [0.1, 0.15) is 12.4 Å². The van der Waals surface area contributed by atoms with Crippen LogP contribution in [0.4, 0.5) is 0 Å². The smallest absolute Gasteiger partial charge is 0.163 e. The first-order valence-corrected chi connectivity index (χ1v) is 4.34. The Hall–Kier alpha value is -1.77. The maximum atomic E-state index is 11.1. The second-order valence-corrected chi connectivity index (χ2v) is 3.20. The van der Waals surface area contributed by atoms with E-state index in [0.29, 0.717) is 17.7 Å². The molecule has 1 aliphatic heterocycles. The molecule has 2 rings (SSSR count). The molecule has 0 saturated carbocycles. The van der Waals surface area contributed by atoms with E-state index in [2.05, 4.69) is 0 Å². The lowest BCUT2D eigenvalue weighted by Crippen LogP contribution is -2.01. The zero-order valence-corrected chi connectivity index (χ0v) is 7.78. The Balaban J connectivity index is 2.62. The summed E-state index contributed by atoms with van der Waals surface area (Å²) in [6, 6.07) is 3.42. The first-order valence-electron chi connectivity index (χ1n) is 4.34. The maximum absolute atomic E-state index is 11.1. The highest BCUT2D eigenvalue weighted by Crippen LogP contribution is 2.30. The van der Waals surface area contributed by atoms with E-state index in [4.69, 9.17) is 4.74 Å². The molecule has 0 fully saturated rings. The Labute approximate surface area is 81.6 Å². The van der Waals surface area contributed by atoms with Gasteiger partial charge in [0.2, 0.25) is 0 Å². The highest BCUT2D eigenvalue weighted by molar-refractivity contribution is 5.98. The fourth-order valence-electron chi connectivity index (χ4n) is 1.50. The van der Waals surface area contributed by atoms with Crippen LogP contribution < -0.4 is 0 Å². The monoisotopic (exact) mass is 190 g/mol. The number of ketones is 1. The minimum atomic E-state index is -0.134. The molecule has 1 N–H and O–H groups in total. The molecule has 72 valence electrons. The molecule has 0 bridgehead atoms. The van der Waals surface area contributed by atoms with E-state index in [1.807, 2.05) is 0 Å². The van der Waals surface area contributed by atoms with Crippen LogP contribution in [0.3, 0.4) is 0 Å². The number of hydrogen-bond donors (Lipinski definition) is 1. The number of phenols is 1. The third kappa shape index (κ3) is 1.27. The van der Waals surface area contributed by atoms with Crippen LogP contribution in [0, 0.1) is 0 Å². The molecule has 1 aromatic rings. The quantitative estimate of drug-likeness (QED) is 0.690. The molecule has 1 heterocycles. The van der Waals surface area contributed by atoms with E-state index in [9.17, 15) is 9.90 Å². The van der Waals surface area contributed by atoms with Crippen LogP contribution in [0.15, 0.2) is 18.4 Å². The van der Waals surface area contributed by atoms with Gasteiger partial charge in [0, 0.05) is 11.1 Å². The second-order valence-electron chi connectivity index (χ2n) is 3.20. The van der Waals surface area contributed by atoms with Crippen molar-refractivity contribution in [2.45, 2.75) is 13.5 Å². The summed E-state index contributed by atoms with van der Waals surface area (Å²) in [5.41, 5.74) is 1.94. The van der Waals surface area contributed by atoms with Crippen LogP contribution in [-0.4, -0.2) is 10.9 Å². The molecule has 1 aromatic carbocycles. The molecule has 1 aliphatic rings. The van der Waals surface area contributed by atoms with Crippen LogP contribution in [-0.2, 0) is 11.3 Å². The number of rotatable bonds is 1. The molecule has 0 unspecified atom stereocenters. The number of hydrogen-bond acceptors (Lipinski definition) is 3. The first-order chi connectivity index (χ1) is 6.70. The predicted octanol–water partition coefficient (Wildman–Crippen LogP) is 2.10. The Kier molecular flexibility index (Phi) is 2.00. The zero-order valence-electron chi connectivity index (χ0n) is 7.78. The molecule has 0 amide bonds. The standard InChI is InChI=1S/C11H10O3/c1-7(12)9-3-2-8-6-14-5-4-10(8)11(9)13/h2-5,13H,6H2,1H3. The zero-order chi connectivity index (χ0) is 10.1. The number of carbonyl (C=O) groups excluding carboxylic acids is 1. The normalized spacial score (nSPS) is 13.2. The van der Waals surface area contributed by atoms with Crippen molar-refractivity contribution in [2.24, 2.45) is 0 Å². The van der Waals surface area contributed by atoms with E-state index < -0.39 is 0 Å². The molecule has 3 nitrogen and oxygen atoms in total. The van der Waals surface area contributed by atoms with Crippen molar-refractivity contribution >= 4 is 11.9 Å². The van der Waals surface area contributed by atoms with E-state index in [1.165, 1.54) is 13.2 Å². The molecule has 0 aromatic heterocycles. The summed E-state index contributed by atoms with van der Waals surface area (Å²) in [4.78, 5) is 11.1. The lowest BCUT2D eigenvalue weighted by molar-refractivity contribution is 0.101. The van der Waals surface area contributed by atoms with Gasteiger partial charge < -0.3 is 9.84 Å². The molecule has 14 heavy (non-hydrogen) atoms. The summed E-state index contributed by atoms with van der Waals surface area (Å²) < 4.78 is 5.07. The number of Topliss-reactive ketones (excluding diaryl/α,β-unsaturated/α-hetero) is 1. The number of phenolic OH excluding ortho intramolecular Hbond substituents is 1. The van der Waals surface area contributed by atoms with Crippen molar-refractivity contribution < 1.29 is 14.6 Å². The second kappa shape index (κ2) is 3.18. The van der Waals surface area contributed by atoms with Gasteiger partial charge in [0.15, 0.2) is 5.78 Å². The van der Waals surface area contributed by atoms with Gasteiger partial charge in [-0.25, -0.2) is 0 Å². The third-order valence-electron chi connectivity index (χ3n) is 2.26. The SMILES string of the molecule is CC(=O)c1ccc2c(c1O)C=COC2. The Morgan fingerprint density at radius 2 is 2.29 bits per heavy atom. The number of aromatic hydroxyl groups is 1. The lowest BCUT2D eigenvalue weighted by atomic mass is 10.00. The number of benzene rings is 1. The molecule has 0 aliphatic carbocycles. The van der Waals surface area contributed by atoms with Crippen molar-refractivity contribution in [3.8, 4) is 5.75 Å². The van der Waals surface area contributed by atoms with Crippen molar-refractivity contribution in [3.05, 3.63) is 35.1 Å². The molecular weight excluding hydrogens is 180 g/mol. The summed E-state index contributed by atoms with van der Waals surface area (Å²) in [7, 11) is 0. The largest absolute Gasteiger partial charge is 0.507 e. The summed E-state index contributed by atoms with van der Waals surface area (Å²) >= 11 is 0. The fraction of sp³-hybridized carbons (Fsp3) is 0.182. The van der Waals surface area contributed by atoms with Gasteiger partial charge in [-0.3, -0.25) is 4.79 Å². The molecular formula is C11H10O3. The number of ether oxygens (including phenoxy) is 1. The predicted molar refractivity (Wildman–Crippen MR) is 51.9 cm³/mol. The molecule has 3 heteroatoms. The van der Waals surface area contributed by atoms with Crippen LogP contribution in [0.5, 0.6) is 5.75 Å². The summed E-state index contributed by atoms with van der Waals surface area (Å²) in [6.45, 7) is 1.88. The van der Waals surface area contributed by atoms with Gasteiger partial charge in [-0.2, -0.15) is 0 Å². The molecule has 0 radical (unpaired) electrons. The lowest BCUT2D eigenvalue weighted by Gasteiger charge is -2.14. The van der Waals surface area contributed by atoms with Crippen LogP contribution >= 0.6 is 0 Å². The topological polar surface area (TPSA) is 46.5 Å².